The van der Waals surface area contributed by atoms with E-state index in [4.69, 9.17) is 18.9 Å². The number of ether oxygens (including phenoxy) is 4. The van der Waals surface area contributed by atoms with Gasteiger partial charge in [0, 0.05) is 18.4 Å². The molecule has 1 aliphatic carbocycles. The summed E-state index contributed by atoms with van der Waals surface area (Å²) in [5.74, 6) is -4.58. The van der Waals surface area contributed by atoms with Gasteiger partial charge in [0.05, 0.1) is 39.0 Å². The van der Waals surface area contributed by atoms with E-state index in [1.165, 1.54) is 21.1 Å². The fraction of sp³-hybridized carbons (Fsp3) is 0.571. The molecule has 4 unspecified atom stereocenters. The standard InChI is InChI=1S/C21H28O8/c1-6-28-19(23)17-14(22)11-21(3,25)18(20(24)29-7-2)16(17)13-9-8-12(26-4)10-15(13)27-5/h8-10,16-18,25H,6-7,11H2,1-5H3. The highest BCUT2D eigenvalue weighted by atomic mass is 16.5. The summed E-state index contributed by atoms with van der Waals surface area (Å²) in [7, 11) is 2.92. The van der Waals surface area contributed by atoms with E-state index in [-0.39, 0.29) is 19.6 Å². The smallest absolute Gasteiger partial charge is 0.317 e. The zero-order chi connectivity index (χ0) is 21.8. The van der Waals surface area contributed by atoms with E-state index < -0.39 is 41.1 Å². The molecular formula is C21H28O8. The molecule has 0 radical (unpaired) electrons. The van der Waals surface area contributed by atoms with Crippen LogP contribution in [0.5, 0.6) is 11.5 Å². The van der Waals surface area contributed by atoms with Crippen molar-refractivity contribution in [3.63, 3.8) is 0 Å². The molecule has 2 rings (SSSR count). The molecule has 8 nitrogen and oxygen atoms in total. The van der Waals surface area contributed by atoms with Gasteiger partial charge in [-0.15, -0.1) is 0 Å². The Labute approximate surface area is 170 Å². The largest absolute Gasteiger partial charge is 0.497 e. The predicted molar refractivity (Wildman–Crippen MR) is 103 cm³/mol. The fourth-order valence-corrected chi connectivity index (χ4v) is 3.95. The van der Waals surface area contributed by atoms with Crippen LogP contribution < -0.4 is 9.47 Å². The van der Waals surface area contributed by atoms with Gasteiger partial charge in [-0.3, -0.25) is 14.4 Å². The van der Waals surface area contributed by atoms with Crippen molar-refractivity contribution in [2.45, 2.75) is 38.7 Å². The molecule has 0 bridgehead atoms. The second-order valence-electron chi connectivity index (χ2n) is 7.09. The molecule has 29 heavy (non-hydrogen) atoms. The maximum Gasteiger partial charge on any atom is 0.317 e. The average Bonchev–Trinajstić information content (AvgIpc) is 2.66. The van der Waals surface area contributed by atoms with Crippen LogP contribution in [0, 0.1) is 11.8 Å². The van der Waals surface area contributed by atoms with Crippen molar-refractivity contribution in [3.05, 3.63) is 23.8 Å². The summed E-state index contributed by atoms with van der Waals surface area (Å²) in [6.45, 7) is 4.85. The minimum atomic E-state index is -1.71. The fourth-order valence-electron chi connectivity index (χ4n) is 3.95. The predicted octanol–water partition coefficient (Wildman–Crippen LogP) is 1.87. The van der Waals surface area contributed by atoms with Crippen LogP contribution in [0.4, 0.5) is 0 Å². The molecule has 1 aromatic rings. The number of hydrogen-bond donors (Lipinski definition) is 1. The van der Waals surface area contributed by atoms with Gasteiger partial charge in [0.2, 0.25) is 0 Å². The first-order valence-electron chi connectivity index (χ1n) is 9.52. The molecule has 1 saturated carbocycles. The summed E-state index contributed by atoms with van der Waals surface area (Å²) in [4.78, 5) is 38.4. The molecule has 160 valence electrons. The summed E-state index contributed by atoms with van der Waals surface area (Å²) < 4.78 is 21.0. The van der Waals surface area contributed by atoms with Crippen molar-refractivity contribution in [3.8, 4) is 11.5 Å². The van der Waals surface area contributed by atoms with E-state index in [1.807, 2.05) is 0 Å². The first-order chi connectivity index (χ1) is 13.7. The van der Waals surface area contributed by atoms with Crippen molar-refractivity contribution in [1.29, 1.82) is 0 Å². The molecule has 4 atom stereocenters. The van der Waals surface area contributed by atoms with E-state index in [0.717, 1.165) is 0 Å². The Morgan fingerprint density at radius 2 is 1.72 bits per heavy atom. The lowest BCUT2D eigenvalue weighted by Gasteiger charge is -2.43. The van der Waals surface area contributed by atoms with Crippen LogP contribution in [0.15, 0.2) is 18.2 Å². The number of aliphatic hydroxyl groups is 1. The number of carbonyl (C=O) groups excluding carboxylic acids is 3. The number of methoxy groups -OCH3 is 2. The van der Waals surface area contributed by atoms with Crippen LogP contribution >= 0.6 is 0 Å². The van der Waals surface area contributed by atoms with Crippen LogP contribution in [0.3, 0.4) is 0 Å². The van der Waals surface area contributed by atoms with Crippen molar-refractivity contribution in [1.82, 2.24) is 0 Å². The van der Waals surface area contributed by atoms with E-state index in [2.05, 4.69) is 0 Å². The lowest BCUT2D eigenvalue weighted by atomic mass is 9.61. The number of esters is 2. The highest BCUT2D eigenvalue weighted by Gasteiger charge is 2.57. The van der Waals surface area contributed by atoms with Crippen LogP contribution in [-0.2, 0) is 23.9 Å². The number of ketones is 1. The van der Waals surface area contributed by atoms with Crippen LogP contribution in [-0.4, -0.2) is 55.9 Å². The van der Waals surface area contributed by atoms with Gasteiger partial charge in [-0.05, 0) is 32.4 Å². The van der Waals surface area contributed by atoms with Crippen molar-refractivity contribution in [2.75, 3.05) is 27.4 Å². The Balaban J connectivity index is 2.71. The topological polar surface area (TPSA) is 108 Å². The van der Waals surface area contributed by atoms with Gasteiger partial charge in [-0.2, -0.15) is 0 Å². The summed E-state index contributed by atoms with van der Waals surface area (Å²) in [5.41, 5.74) is -1.29. The Bertz CT molecular complexity index is 770. The van der Waals surface area contributed by atoms with E-state index in [9.17, 15) is 19.5 Å². The number of hydrogen-bond acceptors (Lipinski definition) is 8. The van der Waals surface area contributed by atoms with Gasteiger partial charge >= 0.3 is 11.9 Å². The van der Waals surface area contributed by atoms with Gasteiger partial charge in [-0.25, -0.2) is 0 Å². The Morgan fingerprint density at radius 3 is 2.28 bits per heavy atom. The van der Waals surface area contributed by atoms with Crippen LogP contribution in [0.2, 0.25) is 0 Å². The summed E-state index contributed by atoms with van der Waals surface area (Å²) >= 11 is 0. The Morgan fingerprint density at radius 1 is 1.10 bits per heavy atom. The lowest BCUT2D eigenvalue weighted by Crippen LogP contribution is -2.55. The highest BCUT2D eigenvalue weighted by Crippen LogP contribution is 2.49. The summed E-state index contributed by atoms with van der Waals surface area (Å²) in [6.07, 6.45) is -0.366. The Hall–Kier alpha value is -2.61. The SMILES string of the molecule is CCOC(=O)C1C(=O)CC(C)(O)C(C(=O)OCC)C1c1ccc(OC)cc1OC. The molecule has 1 aliphatic rings. The van der Waals surface area contributed by atoms with Gasteiger partial charge in [0.25, 0.3) is 0 Å². The molecule has 0 amide bonds. The van der Waals surface area contributed by atoms with E-state index in [1.54, 1.807) is 32.0 Å². The molecule has 1 fully saturated rings. The molecule has 0 saturated heterocycles. The number of carbonyl (C=O) groups is 3. The first-order valence-corrected chi connectivity index (χ1v) is 9.52. The van der Waals surface area contributed by atoms with Gasteiger partial charge in [0.15, 0.2) is 5.78 Å². The van der Waals surface area contributed by atoms with Crippen molar-refractivity contribution in [2.24, 2.45) is 11.8 Å². The number of rotatable bonds is 7. The third kappa shape index (κ3) is 4.53. The lowest BCUT2D eigenvalue weighted by molar-refractivity contribution is -0.172. The van der Waals surface area contributed by atoms with Gasteiger partial charge in [0.1, 0.15) is 17.4 Å². The highest BCUT2D eigenvalue weighted by molar-refractivity contribution is 6.03. The summed E-state index contributed by atoms with van der Waals surface area (Å²) in [5, 5.41) is 11.0. The normalized spacial score (nSPS) is 26.6. The quantitative estimate of drug-likeness (QED) is 0.538. The average molecular weight is 408 g/mol. The van der Waals surface area contributed by atoms with Crippen molar-refractivity contribution < 1.29 is 38.4 Å². The number of benzene rings is 1. The van der Waals surface area contributed by atoms with E-state index in [0.29, 0.717) is 17.1 Å². The zero-order valence-electron chi connectivity index (χ0n) is 17.4. The second-order valence-corrected chi connectivity index (χ2v) is 7.09. The molecular weight excluding hydrogens is 380 g/mol. The molecule has 1 aromatic carbocycles. The van der Waals surface area contributed by atoms with Crippen LogP contribution in [0.1, 0.15) is 38.7 Å². The molecule has 0 aliphatic heterocycles. The minimum Gasteiger partial charge on any atom is -0.497 e. The molecule has 0 heterocycles. The third-order valence-electron chi connectivity index (χ3n) is 5.15. The molecule has 1 N–H and O–H groups in total. The van der Waals surface area contributed by atoms with Gasteiger partial charge < -0.3 is 24.1 Å². The van der Waals surface area contributed by atoms with E-state index >= 15 is 0 Å². The Kier molecular flexibility index (Phi) is 7.24. The molecule has 0 spiro atoms. The first kappa shape index (κ1) is 22.7. The second kappa shape index (κ2) is 9.26. The zero-order valence-corrected chi connectivity index (χ0v) is 17.4. The molecule has 0 aromatic heterocycles. The minimum absolute atomic E-state index is 0.0789. The monoisotopic (exact) mass is 408 g/mol. The van der Waals surface area contributed by atoms with Crippen molar-refractivity contribution >= 4 is 17.7 Å². The number of Topliss-reactive ketones (excluding diaryl/α,β-unsaturated/α-hetero) is 1. The van der Waals surface area contributed by atoms with Gasteiger partial charge in [-0.1, -0.05) is 6.07 Å². The summed E-state index contributed by atoms with van der Waals surface area (Å²) in [6, 6.07) is 4.85. The third-order valence-corrected chi connectivity index (χ3v) is 5.15. The van der Waals surface area contributed by atoms with Crippen LogP contribution in [0.25, 0.3) is 0 Å². The molecule has 8 heteroatoms. The maximum absolute atomic E-state index is 12.9. The maximum atomic E-state index is 12.9.